The Labute approximate surface area is 248 Å². The van der Waals surface area contributed by atoms with Crippen molar-refractivity contribution in [1.29, 1.82) is 0 Å². The standard InChI is InChI=1S/C36H38N4O2/c1-39(26-29-13-5-2-6-14-29)36(42)27-40-33-18-11-10-17-32(33)38-34(40)19-9-4-12-24-37-35(41)25-28-20-22-31(23-21-28)30-15-7-3-8-16-30/h2-3,5-8,10-11,13-18,20-23H,4,9,12,19,24-27H2,1H3,(H,37,41). The molecule has 0 saturated heterocycles. The van der Waals surface area contributed by atoms with Crippen LogP contribution in [0, 0.1) is 0 Å². The van der Waals surface area contributed by atoms with Crippen LogP contribution in [-0.2, 0) is 35.5 Å². The Morgan fingerprint density at radius 3 is 2.17 bits per heavy atom. The summed E-state index contributed by atoms with van der Waals surface area (Å²) >= 11 is 0. The molecule has 6 nitrogen and oxygen atoms in total. The predicted octanol–water partition coefficient (Wildman–Crippen LogP) is 6.43. The molecule has 2 amide bonds. The van der Waals surface area contributed by atoms with Crippen LogP contribution in [0.2, 0.25) is 0 Å². The van der Waals surface area contributed by atoms with Gasteiger partial charge in [0.05, 0.1) is 17.5 Å². The van der Waals surface area contributed by atoms with Crippen molar-refractivity contribution in [2.45, 2.75) is 45.2 Å². The molecule has 0 unspecified atom stereocenters. The number of rotatable bonds is 13. The van der Waals surface area contributed by atoms with Crippen LogP contribution < -0.4 is 5.32 Å². The van der Waals surface area contributed by atoms with E-state index in [-0.39, 0.29) is 18.4 Å². The van der Waals surface area contributed by atoms with Crippen molar-refractivity contribution in [2.75, 3.05) is 13.6 Å². The summed E-state index contributed by atoms with van der Waals surface area (Å²) in [6.45, 7) is 1.49. The lowest BCUT2D eigenvalue weighted by Crippen LogP contribution is -2.30. The van der Waals surface area contributed by atoms with Gasteiger partial charge in [0.1, 0.15) is 12.4 Å². The molecule has 214 valence electrons. The molecule has 5 aromatic rings. The molecule has 5 rings (SSSR count). The van der Waals surface area contributed by atoms with Crippen molar-refractivity contribution in [3.05, 3.63) is 126 Å². The Balaban J connectivity index is 1.07. The van der Waals surface area contributed by atoms with Gasteiger partial charge in [0.25, 0.3) is 0 Å². The third-order valence-corrected chi connectivity index (χ3v) is 7.54. The monoisotopic (exact) mass is 558 g/mol. The summed E-state index contributed by atoms with van der Waals surface area (Å²) < 4.78 is 2.06. The van der Waals surface area contributed by atoms with Crippen LogP contribution in [0.4, 0.5) is 0 Å². The number of carbonyl (C=O) groups excluding carboxylic acids is 2. The van der Waals surface area contributed by atoms with Gasteiger partial charge in [0.15, 0.2) is 0 Å². The van der Waals surface area contributed by atoms with Crippen molar-refractivity contribution in [2.24, 2.45) is 0 Å². The fourth-order valence-electron chi connectivity index (χ4n) is 5.20. The molecule has 6 heteroatoms. The quantitative estimate of drug-likeness (QED) is 0.169. The Morgan fingerprint density at radius 1 is 0.738 bits per heavy atom. The number of amides is 2. The normalized spacial score (nSPS) is 11.0. The maximum Gasteiger partial charge on any atom is 0.242 e. The van der Waals surface area contributed by atoms with Crippen molar-refractivity contribution >= 4 is 22.8 Å². The number of imidazole rings is 1. The number of likely N-dealkylation sites (N-methyl/N-ethyl adjacent to an activating group) is 1. The minimum absolute atomic E-state index is 0.0439. The second kappa shape index (κ2) is 14.3. The first kappa shape index (κ1) is 28.8. The highest BCUT2D eigenvalue weighted by molar-refractivity contribution is 5.81. The van der Waals surface area contributed by atoms with Gasteiger partial charge in [-0.3, -0.25) is 9.59 Å². The smallest absolute Gasteiger partial charge is 0.242 e. The maximum absolute atomic E-state index is 13.1. The molecular formula is C36H38N4O2. The molecular weight excluding hydrogens is 520 g/mol. The van der Waals surface area contributed by atoms with Crippen molar-refractivity contribution in [1.82, 2.24) is 19.8 Å². The first-order valence-corrected chi connectivity index (χ1v) is 14.7. The summed E-state index contributed by atoms with van der Waals surface area (Å²) in [4.78, 5) is 32.2. The summed E-state index contributed by atoms with van der Waals surface area (Å²) in [5.41, 5.74) is 6.34. The van der Waals surface area contributed by atoms with Crippen LogP contribution in [0.25, 0.3) is 22.2 Å². The van der Waals surface area contributed by atoms with Crippen LogP contribution in [-0.4, -0.2) is 39.9 Å². The Morgan fingerprint density at radius 2 is 1.40 bits per heavy atom. The molecule has 1 heterocycles. The number of nitrogens with one attached hydrogen (secondary N) is 1. The number of carbonyl (C=O) groups is 2. The second-order valence-corrected chi connectivity index (χ2v) is 10.7. The van der Waals surface area contributed by atoms with E-state index in [1.165, 1.54) is 5.56 Å². The molecule has 0 aliphatic carbocycles. The van der Waals surface area contributed by atoms with Gasteiger partial charge in [0, 0.05) is 26.6 Å². The van der Waals surface area contributed by atoms with E-state index in [9.17, 15) is 9.59 Å². The summed E-state index contributed by atoms with van der Waals surface area (Å²) in [6, 6.07) is 36.5. The zero-order valence-electron chi connectivity index (χ0n) is 24.2. The minimum atomic E-state index is 0.0439. The van der Waals surface area contributed by atoms with Gasteiger partial charge in [-0.15, -0.1) is 0 Å². The van der Waals surface area contributed by atoms with E-state index < -0.39 is 0 Å². The first-order chi connectivity index (χ1) is 20.6. The molecule has 42 heavy (non-hydrogen) atoms. The van der Waals surface area contributed by atoms with Crippen LogP contribution in [0.1, 0.15) is 36.2 Å². The molecule has 1 aromatic heterocycles. The fourth-order valence-corrected chi connectivity index (χ4v) is 5.20. The lowest BCUT2D eigenvalue weighted by atomic mass is 10.0. The van der Waals surface area contributed by atoms with Gasteiger partial charge in [-0.25, -0.2) is 4.98 Å². The van der Waals surface area contributed by atoms with Crippen LogP contribution >= 0.6 is 0 Å². The number of aryl methyl sites for hydroxylation is 1. The molecule has 0 atom stereocenters. The second-order valence-electron chi connectivity index (χ2n) is 10.7. The van der Waals surface area contributed by atoms with E-state index in [0.717, 1.165) is 59.2 Å². The van der Waals surface area contributed by atoms with Crippen molar-refractivity contribution < 1.29 is 9.59 Å². The summed E-state index contributed by atoms with van der Waals surface area (Å²) in [7, 11) is 1.85. The fraction of sp³-hybridized carbons (Fsp3) is 0.250. The molecule has 0 spiro atoms. The number of aromatic nitrogens is 2. The number of hydrogen-bond acceptors (Lipinski definition) is 3. The number of nitrogens with zero attached hydrogens (tertiary/aromatic N) is 3. The number of benzene rings is 4. The molecule has 0 radical (unpaired) electrons. The molecule has 0 bridgehead atoms. The molecule has 0 aliphatic rings. The molecule has 1 N–H and O–H groups in total. The van der Waals surface area contributed by atoms with E-state index >= 15 is 0 Å². The minimum Gasteiger partial charge on any atom is -0.356 e. The first-order valence-electron chi connectivity index (χ1n) is 14.7. The van der Waals surface area contributed by atoms with E-state index in [4.69, 9.17) is 4.98 Å². The zero-order chi connectivity index (χ0) is 29.1. The Bertz CT molecular complexity index is 1590. The van der Waals surface area contributed by atoms with Crippen molar-refractivity contribution in [3.8, 4) is 11.1 Å². The third-order valence-electron chi connectivity index (χ3n) is 7.54. The van der Waals surface area contributed by atoms with Crippen molar-refractivity contribution in [3.63, 3.8) is 0 Å². The van der Waals surface area contributed by atoms with E-state index in [2.05, 4.69) is 34.1 Å². The average molecular weight is 559 g/mol. The van der Waals surface area contributed by atoms with Gasteiger partial charge in [-0.2, -0.15) is 0 Å². The molecule has 0 saturated carbocycles. The highest BCUT2D eigenvalue weighted by atomic mass is 16.2. The highest BCUT2D eigenvalue weighted by Gasteiger charge is 2.16. The van der Waals surface area contributed by atoms with E-state index in [1.54, 1.807) is 4.90 Å². The van der Waals surface area contributed by atoms with Gasteiger partial charge < -0.3 is 14.8 Å². The van der Waals surface area contributed by atoms with Gasteiger partial charge in [0.2, 0.25) is 11.8 Å². The molecule has 4 aromatic carbocycles. The van der Waals surface area contributed by atoms with Gasteiger partial charge in [-0.05, 0) is 47.2 Å². The lowest BCUT2D eigenvalue weighted by Gasteiger charge is -2.19. The van der Waals surface area contributed by atoms with Gasteiger partial charge >= 0.3 is 0 Å². The number of fused-ring (bicyclic) bond motifs is 1. The maximum atomic E-state index is 13.1. The predicted molar refractivity (Wildman–Crippen MR) is 169 cm³/mol. The van der Waals surface area contributed by atoms with E-state index in [0.29, 0.717) is 19.5 Å². The van der Waals surface area contributed by atoms with Gasteiger partial charge in [-0.1, -0.05) is 103 Å². The molecule has 0 aliphatic heterocycles. The topological polar surface area (TPSA) is 67.2 Å². The Hall–Kier alpha value is -4.71. The van der Waals surface area contributed by atoms with Crippen LogP contribution in [0.5, 0.6) is 0 Å². The average Bonchev–Trinajstić information content (AvgIpc) is 3.37. The number of para-hydroxylation sites is 2. The summed E-state index contributed by atoms with van der Waals surface area (Å²) in [5, 5.41) is 3.06. The SMILES string of the molecule is CN(Cc1ccccc1)C(=O)Cn1c(CCCCCNC(=O)Cc2ccc(-c3ccccc3)cc2)nc2ccccc21. The Kier molecular flexibility index (Phi) is 9.78. The van der Waals surface area contributed by atoms with Crippen LogP contribution in [0.15, 0.2) is 109 Å². The van der Waals surface area contributed by atoms with E-state index in [1.807, 2.05) is 92.0 Å². The number of hydrogen-bond donors (Lipinski definition) is 1. The highest BCUT2D eigenvalue weighted by Crippen LogP contribution is 2.20. The zero-order valence-corrected chi connectivity index (χ0v) is 24.2. The summed E-state index contributed by atoms with van der Waals surface area (Å²) in [6.07, 6.45) is 3.97. The largest absolute Gasteiger partial charge is 0.356 e. The molecule has 0 fully saturated rings. The lowest BCUT2D eigenvalue weighted by molar-refractivity contribution is -0.131. The summed E-state index contributed by atoms with van der Waals surface area (Å²) in [5.74, 6) is 1.03. The third kappa shape index (κ3) is 7.72. The number of unbranched alkanes of at least 4 members (excludes halogenated alkanes) is 2. The van der Waals surface area contributed by atoms with Crippen LogP contribution in [0.3, 0.4) is 0 Å².